The van der Waals surface area contributed by atoms with Gasteiger partial charge in [0.05, 0.1) is 15.6 Å². The van der Waals surface area contributed by atoms with Gasteiger partial charge in [0.1, 0.15) is 0 Å². The summed E-state index contributed by atoms with van der Waals surface area (Å²) in [6.45, 7) is 5.01. The highest BCUT2D eigenvalue weighted by atomic mass is 35.5. The van der Waals surface area contributed by atoms with Gasteiger partial charge in [0, 0.05) is 17.7 Å². The largest absolute Gasteiger partial charge is 0.321 e. The Hall–Kier alpha value is -1.88. The molecule has 1 rings (SSSR count). The highest BCUT2D eigenvalue weighted by molar-refractivity contribution is 6.34. The minimum absolute atomic E-state index is 0.115. The van der Waals surface area contributed by atoms with Gasteiger partial charge < -0.3 is 5.32 Å². The Bertz CT molecular complexity index is 471. The second-order valence-corrected chi connectivity index (χ2v) is 3.56. The standard InChI is InChI=1S/C10H9ClN2O3/c1-6(2)10(14)12-9-4-3-7(13(15)16)5-8(9)11/h3-5H,1H2,2H3,(H,12,14). The highest BCUT2D eigenvalue weighted by Crippen LogP contribution is 2.26. The van der Waals surface area contributed by atoms with Crippen molar-refractivity contribution in [2.45, 2.75) is 6.92 Å². The maximum absolute atomic E-state index is 11.3. The summed E-state index contributed by atoms with van der Waals surface area (Å²) in [6, 6.07) is 3.82. The van der Waals surface area contributed by atoms with E-state index in [0.29, 0.717) is 11.3 Å². The third-order valence-electron chi connectivity index (χ3n) is 1.80. The van der Waals surface area contributed by atoms with E-state index in [1.807, 2.05) is 0 Å². The first-order valence-electron chi connectivity index (χ1n) is 4.32. The van der Waals surface area contributed by atoms with Crippen molar-refractivity contribution in [3.05, 3.63) is 45.5 Å². The molecule has 0 heterocycles. The molecule has 0 fully saturated rings. The number of hydrogen-bond donors (Lipinski definition) is 1. The number of benzene rings is 1. The van der Waals surface area contributed by atoms with Crippen LogP contribution < -0.4 is 5.32 Å². The summed E-state index contributed by atoms with van der Waals surface area (Å²) in [5.74, 6) is -0.379. The van der Waals surface area contributed by atoms with E-state index in [0.717, 1.165) is 0 Å². The van der Waals surface area contributed by atoms with Gasteiger partial charge in [-0.3, -0.25) is 14.9 Å². The van der Waals surface area contributed by atoms with Crippen molar-refractivity contribution < 1.29 is 9.72 Å². The van der Waals surface area contributed by atoms with Gasteiger partial charge in [0.15, 0.2) is 0 Å². The second kappa shape index (κ2) is 4.76. The monoisotopic (exact) mass is 240 g/mol. The van der Waals surface area contributed by atoms with Crippen LogP contribution in [0.25, 0.3) is 0 Å². The SMILES string of the molecule is C=C(C)C(=O)Nc1ccc([N+](=O)[O-])cc1Cl. The molecule has 5 nitrogen and oxygen atoms in total. The molecular formula is C10H9ClN2O3. The molecule has 1 N–H and O–H groups in total. The zero-order valence-electron chi connectivity index (χ0n) is 8.49. The number of non-ortho nitro benzene ring substituents is 1. The Balaban J connectivity index is 2.96. The van der Waals surface area contributed by atoms with Crippen LogP contribution >= 0.6 is 11.6 Å². The third kappa shape index (κ3) is 2.80. The van der Waals surface area contributed by atoms with Crippen LogP contribution in [0.5, 0.6) is 0 Å². The van der Waals surface area contributed by atoms with Crippen molar-refractivity contribution in [3.63, 3.8) is 0 Å². The average Bonchev–Trinajstić information content (AvgIpc) is 2.20. The summed E-state index contributed by atoms with van der Waals surface area (Å²) < 4.78 is 0. The van der Waals surface area contributed by atoms with E-state index in [9.17, 15) is 14.9 Å². The fourth-order valence-corrected chi connectivity index (χ4v) is 1.17. The number of anilines is 1. The van der Waals surface area contributed by atoms with E-state index >= 15 is 0 Å². The zero-order chi connectivity index (χ0) is 12.3. The van der Waals surface area contributed by atoms with Crippen molar-refractivity contribution in [2.75, 3.05) is 5.32 Å². The summed E-state index contributed by atoms with van der Waals surface area (Å²) in [7, 11) is 0. The molecule has 0 saturated heterocycles. The molecule has 0 atom stereocenters. The molecule has 16 heavy (non-hydrogen) atoms. The van der Waals surface area contributed by atoms with Crippen molar-refractivity contribution in [2.24, 2.45) is 0 Å². The van der Waals surface area contributed by atoms with Crippen molar-refractivity contribution in [3.8, 4) is 0 Å². The Morgan fingerprint density at radius 2 is 2.19 bits per heavy atom. The van der Waals surface area contributed by atoms with Gasteiger partial charge in [-0.25, -0.2) is 0 Å². The molecule has 0 unspecified atom stereocenters. The molecule has 84 valence electrons. The molecule has 0 aliphatic heterocycles. The molecule has 0 aromatic heterocycles. The number of halogens is 1. The lowest BCUT2D eigenvalue weighted by atomic mass is 10.2. The molecule has 1 aromatic rings. The van der Waals surface area contributed by atoms with Crippen molar-refractivity contribution >= 4 is 28.9 Å². The number of nitrogens with one attached hydrogen (secondary N) is 1. The molecule has 0 bridgehead atoms. The first-order chi connectivity index (χ1) is 7.41. The summed E-state index contributed by atoms with van der Waals surface area (Å²) in [5, 5.41) is 13.0. The Kier molecular flexibility index (Phi) is 3.63. The lowest BCUT2D eigenvalue weighted by molar-refractivity contribution is -0.384. The van der Waals surface area contributed by atoms with E-state index in [-0.39, 0.29) is 16.6 Å². The maximum atomic E-state index is 11.3. The van der Waals surface area contributed by atoms with Crippen LogP contribution in [0.3, 0.4) is 0 Å². The minimum atomic E-state index is -0.559. The first kappa shape index (κ1) is 12.2. The summed E-state index contributed by atoms with van der Waals surface area (Å²) >= 11 is 5.77. The fourth-order valence-electron chi connectivity index (χ4n) is 0.948. The molecule has 1 aromatic carbocycles. The van der Waals surface area contributed by atoms with Gasteiger partial charge in [-0.15, -0.1) is 0 Å². The predicted octanol–water partition coefficient (Wildman–Crippen LogP) is 2.76. The van der Waals surface area contributed by atoms with Crippen LogP contribution in [0.4, 0.5) is 11.4 Å². The van der Waals surface area contributed by atoms with Crippen LogP contribution in [0, 0.1) is 10.1 Å². The zero-order valence-corrected chi connectivity index (χ0v) is 9.25. The van der Waals surface area contributed by atoms with E-state index in [4.69, 9.17) is 11.6 Å². The van der Waals surface area contributed by atoms with Crippen LogP contribution in [0.1, 0.15) is 6.92 Å². The van der Waals surface area contributed by atoms with Gasteiger partial charge in [0.25, 0.3) is 11.6 Å². The van der Waals surface area contributed by atoms with Gasteiger partial charge in [0.2, 0.25) is 0 Å². The fraction of sp³-hybridized carbons (Fsp3) is 0.100. The lowest BCUT2D eigenvalue weighted by Crippen LogP contribution is -2.12. The third-order valence-corrected chi connectivity index (χ3v) is 2.11. The Morgan fingerprint density at radius 1 is 1.56 bits per heavy atom. The Morgan fingerprint density at radius 3 is 2.62 bits per heavy atom. The topological polar surface area (TPSA) is 72.2 Å². The smallest absolute Gasteiger partial charge is 0.271 e. The number of hydrogen-bond acceptors (Lipinski definition) is 3. The van der Waals surface area contributed by atoms with Gasteiger partial charge >= 0.3 is 0 Å². The van der Waals surface area contributed by atoms with E-state index in [2.05, 4.69) is 11.9 Å². The quantitative estimate of drug-likeness (QED) is 0.502. The second-order valence-electron chi connectivity index (χ2n) is 3.16. The maximum Gasteiger partial charge on any atom is 0.271 e. The molecular weight excluding hydrogens is 232 g/mol. The number of carbonyl (C=O) groups is 1. The summed E-state index contributed by atoms with van der Waals surface area (Å²) in [4.78, 5) is 21.2. The normalized spacial score (nSPS) is 9.62. The lowest BCUT2D eigenvalue weighted by Gasteiger charge is -2.06. The average molecular weight is 241 g/mol. The van der Waals surface area contributed by atoms with Crippen LogP contribution in [0.2, 0.25) is 5.02 Å². The molecule has 1 amide bonds. The van der Waals surface area contributed by atoms with E-state index < -0.39 is 4.92 Å². The van der Waals surface area contributed by atoms with Crippen molar-refractivity contribution in [1.29, 1.82) is 0 Å². The van der Waals surface area contributed by atoms with Crippen LogP contribution in [0.15, 0.2) is 30.4 Å². The summed E-state index contributed by atoms with van der Waals surface area (Å²) in [5.41, 5.74) is 0.521. The number of rotatable bonds is 3. The molecule has 6 heteroatoms. The molecule has 0 saturated carbocycles. The minimum Gasteiger partial charge on any atom is -0.321 e. The van der Waals surface area contributed by atoms with Gasteiger partial charge in [-0.05, 0) is 13.0 Å². The number of nitro groups is 1. The van der Waals surface area contributed by atoms with Gasteiger partial charge in [-0.2, -0.15) is 0 Å². The molecule has 0 spiro atoms. The van der Waals surface area contributed by atoms with Gasteiger partial charge in [-0.1, -0.05) is 18.2 Å². The highest BCUT2D eigenvalue weighted by Gasteiger charge is 2.11. The molecule has 0 radical (unpaired) electrons. The molecule has 0 aliphatic rings. The predicted molar refractivity (Wildman–Crippen MR) is 61.6 cm³/mol. The number of amides is 1. The Labute approximate surface area is 96.9 Å². The van der Waals surface area contributed by atoms with E-state index in [1.165, 1.54) is 18.2 Å². The number of nitro benzene ring substituents is 1. The van der Waals surface area contributed by atoms with Crippen molar-refractivity contribution in [1.82, 2.24) is 0 Å². The molecule has 0 aliphatic carbocycles. The summed E-state index contributed by atoms with van der Waals surface area (Å²) in [6.07, 6.45) is 0. The van der Waals surface area contributed by atoms with Crippen LogP contribution in [-0.4, -0.2) is 10.8 Å². The van der Waals surface area contributed by atoms with Crippen LogP contribution in [-0.2, 0) is 4.79 Å². The van der Waals surface area contributed by atoms with E-state index in [1.54, 1.807) is 6.92 Å². The first-order valence-corrected chi connectivity index (χ1v) is 4.70. The number of carbonyl (C=O) groups excluding carboxylic acids is 1. The number of nitrogens with zero attached hydrogens (tertiary/aromatic N) is 1.